The number of hydrogen-bond acceptors (Lipinski definition) is 3. The molecule has 2 N–H and O–H groups in total. The molecule has 0 heterocycles. The molecule has 3 heteroatoms. The van der Waals surface area contributed by atoms with Crippen LogP contribution in [0.5, 0.6) is 0 Å². The normalized spacial score (nSPS) is 13.2. The van der Waals surface area contributed by atoms with Gasteiger partial charge in [-0.15, -0.1) is 0 Å². The molecule has 0 spiro atoms. The van der Waals surface area contributed by atoms with Crippen molar-refractivity contribution in [1.82, 2.24) is 4.90 Å². The van der Waals surface area contributed by atoms with Gasteiger partial charge in [-0.25, -0.2) is 0 Å². The summed E-state index contributed by atoms with van der Waals surface area (Å²) in [6.45, 7) is 0.655. The Labute approximate surface area is 84.6 Å². The van der Waals surface area contributed by atoms with E-state index < -0.39 is 6.10 Å². The van der Waals surface area contributed by atoms with Gasteiger partial charge in [0.05, 0.1) is 12.7 Å². The lowest BCUT2D eigenvalue weighted by Crippen LogP contribution is -2.19. The van der Waals surface area contributed by atoms with E-state index in [9.17, 15) is 5.11 Å². The molecule has 0 aliphatic heterocycles. The Kier molecular flexibility index (Phi) is 4.07. The number of aliphatic hydroxyl groups is 2. The highest BCUT2D eigenvalue weighted by atomic mass is 16.3. The third-order valence-corrected chi connectivity index (χ3v) is 2.09. The quantitative estimate of drug-likeness (QED) is 0.746. The fourth-order valence-corrected chi connectivity index (χ4v) is 1.30. The largest absolute Gasteiger partial charge is 0.392 e. The fourth-order valence-electron chi connectivity index (χ4n) is 1.30. The minimum atomic E-state index is -0.460. The molecule has 0 amide bonds. The zero-order valence-corrected chi connectivity index (χ0v) is 8.64. The van der Waals surface area contributed by atoms with Gasteiger partial charge in [0.2, 0.25) is 0 Å². The number of aliphatic hydroxyl groups excluding tert-OH is 2. The van der Waals surface area contributed by atoms with Crippen LogP contribution in [0.15, 0.2) is 24.3 Å². The molecule has 0 bridgehead atoms. The summed E-state index contributed by atoms with van der Waals surface area (Å²) in [5.41, 5.74) is 1.75. The van der Waals surface area contributed by atoms with Gasteiger partial charge in [0.15, 0.2) is 0 Å². The van der Waals surface area contributed by atoms with Crippen LogP contribution in [-0.2, 0) is 6.61 Å². The lowest BCUT2D eigenvalue weighted by molar-refractivity contribution is 0.138. The smallest absolute Gasteiger partial charge is 0.0916 e. The van der Waals surface area contributed by atoms with E-state index in [1.165, 1.54) is 0 Å². The van der Waals surface area contributed by atoms with Crippen LogP contribution in [-0.4, -0.2) is 35.8 Å². The SMILES string of the molecule is CN(C)CC(O)c1ccc(CO)cc1. The highest BCUT2D eigenvalue weighted by Crippen LogP contribution is 2.14. The summed E-state index contributed by atoms with van der Waals surface area (Å²) in [5, 5.41) is 18.6. The summed E-state index contributed by atoms with van der Waals surface area (Å²) >= 11 is 0. The first-order valence-electron chi connectivity index (χ1n) is 4.66. The van der Waals surface area contributed by atoms with Gasteiger partial charge in [-0.1, -0.05) is 24.3 Å². The van der Waals surface area contributed by atoms with Gasteiger partial charge in [0.25, 0.3) is 0 Å². The van der Waals surface area contributed by atoms with E-state index in [1.54, 1.807) is 0 Å². The van der Waals surface area contributed by atoms with Gasteiger partial charge in [-0.3, -0.25) is 0 Å². The molecule has 0 fully saturated rings. The molecule has 1 rings (SSSR count). The fraction of sp³-hybridized carbons (Fsp3) is 0.455. The molecule has 0 radical (unpaired) electrons. The lowest BCUT2D eigenvalue weighted by Gasteiger charge is -2.16. The van der Waals surface area contributed by atoms with E-state index in [-0.39, 0.29) is 6.61 Å². The van der Waals surface area contributed by atoms with Crippen LogP contribution in [0.2, 0.25) is 0 Å². The first-order valence-corrected chi connectivity index (χ1v) is 4.66. The Balaban J connectivity index is 2.66. The Morgan fingerprint density at radius 1 is 1.21 bits per heavy atom. The lowest BCUT2D eigenvalue weighted by atomic mass is 10.1. The summed E-state index contributed by atoms with van der Waals surface area (Å²) in [6.07, 6.45) is -0.460. The van der Waals surface area contributed by atoms with E-state index in [1.807, 2.05) is 43.3 Å². The first-order chi connectivity index (χ1) is 6.63. The zero-order chi connectivity index (χ0) is 10.6. The van der Waals surface area contributed by atoms with Crippen molar-refractivity contribution < 1.29 is 10.2 Å². The van der Waals surface area contributed by atoms with Gasteiger partial charge in [0.1, 0.15) is 0 Å². The van der Waals surface area contributed by atoms with Gasteiger partial charge < -0.3 is 15.1 Å². The second-order valence-corrected chi connectivity index (χ2v) is 3.68. The molecule has 78 valence electrons. The molecule has 0 aliphatic rings. The average Bonchev–Trinajstić information content (AvgIpc) is 2.17. The van der Waals surface area contributed by atoms with Crippen LogP contribution >= 0.6 is 0 Å². The van der Waals surface area contributed by atoms with Crippen molar-refractivity contribution in [3.05, 3.63) is 35.4 Å². The van der Waals surface area contributed by atoms with Crippen molar-refractivity contribution in [2.45, 2.75) is 12.7 Å². The molecular weight excluding hydrogens is 178 g/mol. The third kappa shape index (κ3) is 3.10. The Morgan fingerprint density at radius 3 is 2.21 bits per heavy atom. The predicted molar refractivity (Wildman–Crippen MR) is 55.9 cm³/mol. The summed E-state index contributed by atoms with van der Waals surface area (Å²) in [7, 11) is 3.84. The minimum absolute atomic E-state index is 0.0457. The molecule has 0 saturated carbocycles. The Hall–Kier alpha value is -0.900. The topological polar surface area (TPSA) is 43.7 Å². The molecule has 14 heavy (non-hydrogen) atoms. The van der Waals surface area contributed by atoms with Crippen molar-refractivity contribution in [2.24, 2.45) is 0 Å². The van der Waals surface area contributed by atoms with Crippen LogP contribution < -0.4 is 0 Å². The van der Waals surface area contributed by atoms with Crippen LogP contribution in [0.4, 0.5) is 0 Å². The maximum atomic E-state index is 9.75. The minimum Gasteiger partial charge on any atom is -0.392 e. The van der Waals surface area contributed by atoms with Gasteiger partial charge in [-0.05, 0) is 25.2 Å². The molecule has 1 unspecified atom stereocenters. The van der Waals surface area contributed by atoms with Crippen molar-refractivity contribution in [3.63, 3.8) is 0 Å². The highest BCUT2D eigenvalue weighted by molar-refractivity contribution is 5.23. The van der Waals surface area contributed by atoms with Crippen LogP contribution in [0, 0.1) is 0 Å². The number of benzene rings is 1. The monoisotopic (exact) mass is 195 g/mol. The highest BCUT2D eigenvalue weighted by Gasteiger charge is 2.07. The molecule has 0 saturated heterocycles. The zero-order valence-electron chi connectivity index (χ0n) is 8.64. The van der Waals surface area contributed by atoms with Crippen LogP contribution in [0.25, 0.3) is 0 Å². The Bertz CT molecular complexity index is 269. The maximum absolute atomic E-state index is 9.75. The summed E-state index contributed by atoms with van der Waals surface area (Å²) in [6, 6.07) is 7.35. The van der Waals surface area contributed by atoms with E-state index >= 15 is 0 Å². The number of hydrogen-bond donors (Lipinski definition) is 2. The van der Waals surface area contributed by atoms with Crippen molar-refractivity contribution in [1.29, 1.82) is 0 Å². The molecule has 1 aromatic carbocycles. The number of likely N-dealkylation sites (N-methyl/N-ethyl adjacent to an activating group) is 1. The predicted octanol–water partition coefficient (Wildman–Crippen LogP) is 0.774. The van der Waals surface area contributed by atoms with E-state index in [2.05, 4.69) is 0 Å². The summed E-state index contributed by atoms with van der Waals surface area (Å²) in [5.74, 6) is 0. The second kappa shape index (κ2) is 5.10. The van der Waals surface area contributed by atoms with Crippen molar-refractivity contribution in [2.75, 3.05) is 20.6 Å². The van der Waals surface area contributed by atoms with Gasteiger partial charge in [-0.2, -0.15) is 0 Å². The standard InChI is InChI=1S/C11H17NO2/c1-12(2)7-11(14)10-5-3-9(8-13)4-6-10/h3-6,11,13-14H,7-8H2,1-2H3. The second-order valence-electron chi connectivity index (χ2n) is 3.68. The van der Waals surface area contributed by atoms with E-state index in [0.29, 0.717) is 6.54 Å². The van der Waals surface area contributed by atoms with Crippen molar-refractivity contribution in [3.8, 4) is 0 Å². The van der Waals surface area contributed by atoms with Crippen LogP contribution in [0.1, 0.15) is 17.2 Å². The molecule has 0 aromatic heterocycles. The molecule has 0 aliphatic carbocycles. The molecule has 1 atom stereocenters. The first kappa shape index (κ1) is 11.2. The Morgan fingerprint density at radius 2 is 1.79 bits per heavy atom. The molecular formula is C11H17NO2. The number of rotatable bonds is 4. The van der Waals surface area contributed by atoms with Gasteiger partial charge >= 0.3 is 0 Å². The summed E-state index contributed by atoms with van der Waals surface area (Å²) in [4.78, 5) is 1.94. The van der Waals surface area contributed by atoms with Gasteiger partial charge in [0, 0.05) is 6.54 Å². The van der Waals surface area contributed by atoms with E-state index in [0.717, 1.165) is 11.1 Å². The van der Waals surface area contributed by atoms with Crippen LogP contribution in [0.3, 0.4) is 0 Å². The maximum Gasteiger partial charge on any atom is 0.0916 e. The van der Waals surface area contributed by atoms with Crippen molar-refractivity contribution >= 4 is 0 Å². The third-order valence-electron chi connectivity index (χ3n) is 2.09. The summed E-state index contributed by atoms with van der Waals surface area (Å²) < 4.78 is 0. The van der Waals surface area contributed by atoms with E-state index in [4.69, 9.17) is 5.11 Å². The molecule has 1 aromatic rings. The average molecular weight is 195 g/mol. The molecule has 3 nitrogen and oxygen atoms in total. The number of nitrogens with zero attached hydrogens (tertiary/aromatic N) is 1.